The summed E-state index contributed by atoms with van der Waals surface area (Å²) in [5.74, 6) is 1.83. The first-order valence-corrected chi connectivity index (χ1v) is 7.60. The number of hydrogen-bond acceptors (Lipinski definition) is 4. The first kappa shape index (κ1) is 14.4. The van der Waals surface area contributed by atoms with Crippen molar-refractivity contribution in [3.63, 3.8) is 0 Å². The van der Waals surface area contributed by atoms with Gasteiger partial charge in [-0.3, -0.25) is 9.69 Å². The van der Waals surface area contributed by atoms with E-state index in [1.165, 1.54) is 25.5 Å². The second-order valence-corrected chi connectivity index (χ2v) is 6.23. The van der Waals surface area contributed by atoms with Gasteiger partial charge in [-0.1, -0.05) is 19.1 Å². The highest BCUT2D eigenvalue weighted by Gasteiger charge is 2.51. The molecule has 1 aromatic rings. The molecule has 2 bridgehead atoms. The molecule has 3 aliphatic rings. The third-order valence-corrected chi connectivity index (χ3v) is 5.18. The van der Waals surface area contributed by atoms with Crippen molar-refractivity contribution in [2.24, 2.45) is 11.8 Å². The van der Waals surface area contributed by atoms with Gasteiger partial charge in [-0.05, 0) is 42.4 Å². The van der Waals surface area contributed by atoms with Gasteiger partial charge < -0.3 is 9.47 Å². The van der Waals surface area contributed by atoms with Crippen molar-refractivity contribution in [1.29, 1.82) is 0 Å². The molecule has 0 spiro atoms. The van der Waals surface area contributed by atoms with E-state index in [9.17, 15) is 4.79 Å². The number of hydrogen-bond donors (Lipinski definition) is 0. The van der Waals surface area contributed by atoms with Crippen LogP contribution in [0, 0.1) is 11.8 Å². The van der Waals surface area contributed by atoms with Crippen LogP contribution in [0.3, 0.4) is 0 Å². The predicted octanol–water partition coefficient (Wildman–Crippen LogP) is 2.47. The van der Waals surface area contributed by atoms with Gasteiger partial charge in [-0.15, -0.1) is 0 Å². The first-order valence-electron chi connectivity index (χ1n) is 7.60. The molecule has 4 nitrogen and oxygen atoms in total. The third-order valence-electron chi connectivity index (χ3n) is 5.18. The van der Waals surface area contributed by atoms with Gasteiger partial charge in [0.2, 0.25) is 0 Å². The number of benzene rings is 1. The number of esters is 1. The molecular weight excluding hydrogens is 266 g/mol. The molecule has 21 heavy (non-hydrogen) atoms. The maximum atomic E-state index is 12.2. The number of carbonyl (C=O) groups is 1. The van der Waals surface area contributed by atoms with Crippen molar-refractivity contribution in [2.45, 2.75) is 38.4 Å². The molecule has 0 aromatic heterocycles. The zero-order valence-corrected chi connectivity index (χ0v) is 12.9. The van der Waals surface area contributed by atoms with Crippen molar-refractivity contribution >= 4 is 5.97 Å². The van der Waals surface area contributed by atoms with Gasteiger partial charge in [-0.2, -0.15) is 0 Å². The average Bonchev–Trinajstić information content (AvgIpc) is 2.46. The number of rotatable bonds is 4. The molecule has 0 N–H and O–H groups in total. The maximum Gasteiger partial charge on any atom is 0.323 e. The Morgan fingerprint density at radius 3 is 2.48 bits per heavy atom. The Morgan fingerprint density at radius 1 is 1.24 bits per heavy atom. The molecule has 2 aliphatic heterocycles. The minimum absolute atomic E-state index is 0.0922. The molecule has 1 saturated carbocycles. The molecule has 1 aromatic carbocycles. The third kappa shape index (κ3) is 2.53. The van der Waals surface area contributed by atoms with E-state index in [2.05, 4.69) is 24.0 Å². The van der Waals surface area contributed by atoms with Crippen molar-refractivity contribution in [1.82, 2.24) is 4.90 Å². The molecule has 4 rings (SSSR count). The maximum absolute atomic E-state index is 12.2. The molecule has 3 fully saturated rings. The molecule has 2 saturated heterocycles. The average molecular weight is 289 g/mol. The SMILES string of the molecule is COC(=O)C1C(C)C2CC(C2)N1Cc1ccc(OC)cc1. The first-order chi connectivity index (χ1) is 10.1. The van der Waals surface area contributed by atoms with Crippen LogP contribution >= 0.6 is 0 Å². The zero-order chi connectivity index (χ0) is 15.0. The number of methoxy groups -OCH3 is 2. The van der Waals surface area contributed by atoms with Crippen molar-refractivity contribution < 1.29 is 14.3 Å². The highest BCUT2D eigenvalue weighted by molar-refractivity contribution is 5.76. The Labute approximate surface area is 126 Å². The predicted molar refractivity (Wildman–Crippen MR) is 80.0 cm³/mol. The topological polar surface area (TPSA) is 38.8 Å². The van der Waals surface area contributed by atoms with Crippen LogP contribution in [-0.4, -0.2) is 37.2 Å². The van der Waals surface area contributed by atoms with Gasteiger partial charge in [-0.25, -0.2) is 0 Å². The zero-order valence-electron chi connectivity index (χ0n) is 12.9. The summed E-state index contributed by atoms with van der Waals surface area (Å²) < 4.78 is 10.2. The van der Waals surface area contributed by atoms with E-state index in [1.54, 1.807) is 7.11 Å². The second-order valence-electron chi connectivity index (χ2n) is 6.23. The summed E-state index contributed by atoms with van der Waals surface area (Å²) in [5.41, 5.74) is 1.21. The van der Waals surface area contributed by atoms with Gasteiger partial charge in [0.15, 0.2) is 0 Å². The fourth-order valence-electron chi connectivity index (χ4n) is 3.76. The number of piperidine rings is 2. The van der Waals surface area contributed by atoms with Crippen molar-refractivity contribution in [3.8, 4) is 5.75 Å². The lowest BCUT2D eigenvalue weighted by Crippen LogP contribution is -2.63. The molecule has 2 atom stereocenters. The van der Waals surface area contributed by atoms with Crippen LogP contribution in [0.15, 0.2) is 24.3 Å². The summed E-state index contributed by atoms with van der Waals surface area (Å²) >= 11 is 0. The van der Waals surface area contributed by atoms with E-state index in [4.69, 9.17) is 9.47 Å². The van der Waals surface area contributed by atoms with Gasteiger partial charge in [0.1, 0.15) is 11.8 Å². The molecule has 2 heterocycles. The van der Waals surface area contributed by atoms with Crippen LogP contribution < -0.4 is 4.74 Å². The normalized spacial score (nSPS) is 31.4. The second kappa shape index (κ2) is 5.68. The van der Waals surface area contributed by atoms with E-state index in [-0.39, 0.29) is 12.0 Å². The lowest BCUT2D eigenvalue weighted by atomic mass is 9.64. The molecule has 4 heteroatoms. The smallest absolute Gasteiger partial charge is 0.323 e. The molecule has 2 unspecified atom stereocenters. The molecule has 114 valence electrons. The summed E-state index contributed by atoms with van der Waals surface area (Å²) in [7, 11) is 3.16. The van der Waals surface area contributed by atoms with Crippen LogP contribution in [0.25, 0.3) is 0 Å². The largest absolute Gasteiger partial charge is 0.497 e. The van der Waals surface area contributed by atoms with Crippen LogP contribution in [0.4, 0.5) is 0 Å². The van der Waals surface area contributed by atoms with Gasteiger partial charge in [0.05, 0.1) is 14.2 Å². The number of nitrogens with zero attached hydrogens (tertiary/aromatic N) is 1. The van der Waals surface area contributed by atoms with Crippen LogP contribution in [-0.2, 0) is 16.1 Å². The highest BCUT2D eigenvalue weighted by Crippen LogP contribution is 2.47. The van der Waals surface area contributed by atoms with Gasteiger partial charge in [0, 0.05) is 12.6 Å². The van der Waals surface area contributed by atoms with Gasteiger partial charge >= 0.3 is 5.97 Å². The van der Waals surface area contributed by atoms with E-state index >= 15 is 0 Å². The minimum atomic E-state index is -0.102. The lowest BCUT2D eigenvalue weighted by Gasteiger charge is -2.56. The standard InChI is InChI=1S/C17H23NO3/c1-11-13-8-14(9-13)18(16(11)17(19)21-3)10-12-4-6-15(20-2)7-5-12/h4-7,11,13-14,16H,8-10H2,1-3H3. The summed E-state index contributed by atoms with van der Waals surface area (Å²) in [5, 5.41) is 0. The molecular formula is C17H23NO3. The van der Waals surface area contributed by atoms with Crippen LogP contribution in [0.2, 0.25) is 0 Å². The minimum Gasteiger partial charge on any atom is -0.497 e. The quantitative estimate of drug-likeness (QED) is 0.798. The summed E-state index contributed by atoms with van der Waals surface area (Å²) in [4.78, 5) is 14.5. The van der Waals surface area contributed by atoms with Crippen LogP contribution in [0.5, 0.6) is 5.75 Å². The monoisotopic (exact) mass is 289 g/mol. The summed E-state index contributed by atoms with van der Waals surface area (Å²) in [6.45, 7) is 2.98. The van der Waals surface area contributed by atoms with E-state index in [0.29, 0.717) is 17.9 Å². The Morgan fingerprint density at radius 2 is 1.90 bits per heavy atom. The van der Waals surface area contributed by atoms with Gasteiger partial charge in [0.25, 0.3) is 0 Å². The summed E-state index contributed by atoms with van der Waals surface area (Å²) in [6, 6.07) is 8.51. The van der Waals surface area contributed by atoms with E-state index < -0.39 is 0 Å². The number of fused-ring (bicyclic) bond motifs is 2. The van der Waals surface area contributed by atoms with Crippen LogP contribution in [0.1, 0.15) is 25.3 Å². The van der Waals surface area contributed by atoms with E-state index in [1.807, 2.05) is 12.1 Å². The van der Waals surface area contributed by atoms with E-state index in [0.717, 1.165) is 12.3 Å². The Kier molecular flexibility index (Phi) is 3.89. The fourth-order valence-corrected chi connectivity index (χ4v) is 3.76. The molecule has 1 aliphatic carbocycles. The van der Waals surface area contributed by atoms with Crippen molar-refractivity contribution in [2.75, 3.05) is 14.2 Å². The Hall–Kier alpha value is -1.55. The number of carbonyl (C=O) groups excluding carboxylic acids is 1. The summed E-state index contributed by atoms with van der Waals surface area (Å²) in [6.07, 6.45) is 2.43. The van der Waals surface area contributed by atoms with Crippen molar-refractivity contribution in [3.05, 3.63) is 29.8 Å². The highest BCUT2D eigenvalue weighted by atomic mass is 16.5. The lowest BCUT2D eigenvalue weighted by molar-refractivity contribution is -0.164. The Balaban J connectivity index is 1.78. The number of ether oxygens (including phenoxy) is 2. The Bertz CT molecular complexity index is 507. The molecule has 0 amide bonds. The fraction of sp³-hybridized carbons (Fsp3) is 0.588. The molecule has 0 radical (unpaired) electrons.